The van der Waals surface area contributed by atoms with Gasteiger partial charge in [0.05, 0.1) is 24.1 Å². The van der Waals surface area contributed by atoms with Crippen molar-refractivity contribution in [1.29, 1.82) is 0 Å². The maximum atomic E-state index is 11.9. The van der Waals surface area contributed by atoms with E-state index < -0.39 is 11.9 Å². The number of aromatic nitrogens is 2. The molecule has 0 spiro atoms. The quantitative estimate of drug-likeness (QED) is 0.800. The van der Waals surface area contributed by atoms with Crippen LogP contribution in [0.3, 0.4) is 0 Å². The van der Waals surface area contributed by atoms with Gasteiger partial charge in [0.1, 0.15) is 0 Å². The number of nitrogens with one attached hydrogen (secondary N) is 1. The molecule has 0 aliphatic carbocycles. The van der Waals surface area contributed by atoms with E-state index in [0.29, 0.717) is 24.2 Å². The normalized spacial score (nSPS) is 13.5. The lowest BCUT2D eigenvalue weighted by atomic mass is 10.1. The number of esters is 1. The Morgan fingerprint density at radius 2 is 2.14 bits per heavy atom. The van der Waals surface area contributed by atoms with Gasteiger partial charge in [-0.1, -0.05) is 12.1 Å². The Balaban J connectivity index is 2.21. The number of para-hydroxylation sites is 1. The summed E-state index contributed by atoms with van der Waals surface area (Å²) in [5, 5.41) is 7.53. The number of carbonyl (C=O) groups excluding carboxylic acids is 2. The molecule has 0 atom stereocenters. The Kier molecular flexibility index (Phi) is 3.64. The van der Waals surface area contributed by atoms with E-state index in [0.717, 1.165) is 17.8 Å². The highest BCUT2D eigenvalue weighted by Crippen LogP contribution is 2.24. The maximum absolute atomic E-state index is 11.9. The summed E-state index contributed by atoms with van der Waals surface area (Å²) in [6.07, 6.45) is 0.700. The molecule has 0 fully saturated rings. The van der Waals surface area contributed by atoms with Gasteiger partial charge in [-0.05, 0) is 12.1 Å². The SMILES string of the molecule is COC(=O)c1ccccc1-n1nc(C(N)=O)c2c1CCNC2. The number of primary amides is 1. The predicted octanol–water partition coefficient (Wildman–Crippen LogP) is 0.403. The molecule has 3 N–H and O–H groups in total. The Labute approximate surface area is 127 Å². The number of nitrogens with zero attached hydrogens (tertiary/aromatic N) is 2. The molecule has 7 heteroatoms. The van der Waals surface area contributed by atoms with Crippen molar-refractivity contribution in [2.24, 2.45) is 5.73 Å². The summed E-state index contributed by atoms with van der Waals surface area (Å²) in [7, 11) is 1.33. The molecule has 0 unspecified atom stereocenters. The number of hydrogen-bond donors (Lipinski definition) is 2. The van der Waals surface area contributed by atoms with E-state index in [1.807, 2.05) is 0 Å². The van der Waals surface area contributed by atoms with Gasteiger partial charge in [-0.2, -0.15) is 5.10 Å². The summed E-state index contributed by atoms with van der Waals surface area (Å²) in [6, 6.07) is 7.00. The number of nitrogens with two attached hydrogens (primary N) is 1. The van der Waals surface area contributed by atoms with Crippen LogP contribution in [0.5, 0.6) is 0 Å². The highest BCUT2D eigenvalue weighted by molar-refractivity contribution is 5.94. The van der Waals surface area contributed by atoms with Gasteiger partial charge in [0.25, 0.3) is 5.91 Å². The minimum Gasteiger partial charge on any atom is -0.465 e. The number of hydrogen-bond acceptors (Lipinski definition) is 5. The molecule has 1 aliphatic heterocycles. The third-order valence-electron chi connectivity index (χ3n) is 3.70. The van der Waals surface area contributed by atoms with E-state index in [9.17, 15) is 9.59 Å². The summed E-state index contributed by atoms with van der Waals surface area (Å²) in [5.41, 5.74) is 8.32. The van der Waals surface area contributed by atoms with Gasteiger partial charge in [0.2, 0.25) is 0 Å². The topological polar surface area (TPSA) is 99.2 Å². The lowest BCUT2D eigenvalue weighted by Crippen LogP contribution is -2.26. The van der Waals surface area contributed by atoms with Crippen molar-refractivity contribution in [3.63, 3.8) is 0 Å². The molecule has 3 rings (SSSR count). The van der Waals surface area contributed by atoms with Crippen molar-refractivity contribution >= 4 is 11.9 Å². The summed E-state index contributed by atoms with van der Waals surface area (Å²) in [5.74, 6) is -1.02. The summed E-state index contributed by atoms with van der Waals surface area (Å²) in [4.78, 5) is 23.6. The van der Waals surface area contributed by atoms with E-state index in [4.69, 9.17) is 10.5 Å². The number of fused-ring (bicyclic) bond motifs is 1. The van der Waals surface area contributed by atoms with Gasteiger partial charge < -0.3 is 15.8 Å². The third-order valence-corrected chi connectivity index (χ3v) is 3.70. The maximum Gasteiger partial charge on any atom is 0.340 e. The molecule has 22 heavy (non-hydrogen) atoms. The average molecular weight is 300 g/mol. The van der Waals surface area contributed by atoms with Gasteiger partial charge in [-0.3, -0.25) is 4.79 Å². The van der Waals surface area contributed by atoms with Crippen molar-refractivity contribution in [1.82, 2.24) is 15.1 Å². The van der Waals surface area contributed by atoms with Crippen LogP contribution in [0.4, 0.5) is 0 Å². The van der Waals surface area contributed by atoms with Crippen molar-refractivity contribution < 1.29 is 14.3 Å². The first-order valence-electron chi connectivity index (χ1n) is 6.92. The van der Waals surface area contributed by atoms with Crippen LogP contribution in [-0.4, -0.2) is 35.3 Å². The minimum atomic E-state index is -0.575. The van der Waals surface area contributed by atoms with Crippen LogP contribution in [0.1, 0.15) is 32.1 Å². The van der Waals surface area contributed by atoms with Gasteiger partial charge in [-0.25, -0.2) is 9.48 Å². The second-order valence-electron chi connectivity index (χ2n) is 4.99. The molecule has 0 radical (unpaired) electrons. The highest BCUT2D eigenvalue weighted by Gasteiger charge is 2.26. The molecule has 1 aromatic carbocycles. The molecule has 0 saturated carbocycles. The van der Waals surface area contributed by atoms with Crippen molar-refractivity contribution in [3.8, 4) is 5.69 Å². The van der Waals surface area contributed by atoms with E-state index >= 15 is 0 Å². The Hall–Kier alpha value is -2.67. The largest absolute Gasteiger partial charge is 0.465 e. The van der Waals surface area contributed by atoms with Crippen LogP contribution in [0.15, 0.2) is 24.3 Å². The molecule has 114 valence electrons. The molecule has 1 amide bonds. The molecule has 1 aromatic heterocycles. The molecule has 2 aromatic rings. The molecule has 2 heterocycles. The van der Waals surface area contributed by atoms with Crippen LogP contribution in [0, 0.1) is 0 Å². The first-order chi connectivity index (χ1) is 10.6. The number of benzene rings is 1. The third kappa shape index (κ3) is 2.25. The van der Waals surface area contributed by atoms with Gasteiger partial charge >= 0.3 is 5.97 Å². The first-order valence-corrected chi connectivity index (χ1v) is 6.92. The molecule has 0 saturated heterocycles. The average Bonchev–Trinajstić information content (AvgIpc) is 2.94. The van der Waals surface area contributed by atoms with Crippen LogP contribution in [-0.2, 0) is 17.7 Å². The second kappa shape index (κ2) is 5.61. The summed E-state index contributed by atoms with van der Waals surface area (Å²) in [6.45, 7) is 1.31. The zero-order valence-corrected chi connectivity index (χ0v) is 12.1. The number of amides is 1. The number of ether oxygens (including phenoxy) is 1. The predicted molar refractivity (Wildman–Crippen MR) is 78.8 cm³/mol. The number of carbonyl (C=O) groups is 2. The van der Waals surface area contributed by atoms with Crippen molar-refractivity contribution in [3.05, 3.63) is 46.8 Å². The minimum absolute atomic E-state index is 0.238. The zero-order chi connectivity index (χ0) is 15.7. The lowest BCUT2D eigenvalue weighted by Gasteiger charge is -2.16. The van der Waals surface area contributed by atoms with Crippen LogP contribution >= 0.6 is 0 Å². The van der Waals surface area contributed by atoms with Gasteiger partial charge in [-0.15, -0.1) is 0 Å². The fourth-order valence-corrected chi connectivity index (χ4v) is 2.69. The fourth-order valence-electron chi connectivity index (χ4n) is 2.69. The van der Waals surface area contributed by atoms with Crippen molar-refractivity contribution in [2.75, 3.05) is 13.7 Å². The molecule has 7 nitrogen and oxygen atoms in total. The summed E-state index contributed by atoms with van der Waals surface area (Å²) < 4.78 is 6.44. The first kappa shape index (κ1) is 14.3. The monoisotopic (exact) mass is 300 g/mol. The smallest absolute Gasteiger partial charge is 0.340 e. The van der Waals surface area contributed by atoms with E-state index in [1.165, 1.54) is 7.11 Å². The van der Waals surface area contributed by atoms with Crippen LogP contribution in [0.2, 0.25) is 0 Å². The number of rotatable bonds is 3. The Morgan fingerprint density at radius 1 is 1.36 bits per heavy atom. The standard InChI is InChI=1S/C15H16N4O3/c1-22-15(21)9-4-2-3-5-11(9)19-12-6-7-17-8-10(12)13(18-19)14(16)20/h2-5,17H,6-8H2,1H3,(H2,16,20). The van der Waals surface area contributed by atoms with Crippen LogP contribution in [0.25, 0.3) is 5.69 Å². The van der Waals surface area contributed by atoms with Crippen LogP contribution < -0.4 is 11.1 Å². The number of methoxy groups -OCH3 is 1. The highest BCUT2D eigenvalue weighted by atomic mass is 16.5. The fraction of sp³-hybridized carbons (Fsp3) is 0.267. The van der Waals surface area contributed by atoms with Gasteiger partial charge in [0, 0.05) is 25.1 Å². The molecule has 1 aliphatic rings. The lowest BCUT2D eigenvalue weighted by molar-refractivity contribution is 0.0600. The molecule has 0 bridgehead atoms. The molecular formula is C15H16N4O3. The van der Waals surface area contributed by atoms with Gasteiger partial charge in [0.15, 0.2) is 5.69 Å². The van der Waals surface area contributed by atoms with E-state index in [2.05, 4.69) is 10.4 Å². The Bertz CT molecular complexity index is 751. The van der Waals surface area contributed by atoms with Crippen molar-refractivity contribution in [2.45, 2.75) is 13.0 Å². The zero-order valence-electron chi connectivity index (χ0n) is 12.1. The van der Waals surface area contributed by atoms with E-state index in [1.54, 1.807) is 28.9 Å². The molecular weight excluding hydrogens is 284 g/mol. The van der Waals surface area contributed by atoms with E-state index in [-0.39, 0.29) is 5.69 Å². The summed E-state index contributed by atoms with van der Waals surface area (Å²) >= 11 is 0. The Morgan fingerprint density at radius 3 is 2.86 bits per heavy atom. The second-order valence-corrected chi connectivity index (χ2v) is 4.99.